The zero-order valence-electron chi connectivity index (χ0n) is 15.8. The number of rotatable bonds is 7. The number of anilines is 1. The van der Waals surface area contributed by atoms with Gasteiger partial charge in [0.15, 0.2) is 0 Å². The molecule has 29 heavy (non-hydrogen) atoms. The van der Waals surface area contributed by atoms with E-state index in [9.17, 15) is 23.3 Å². The van der Waals surface area contributed by atoms with Gasteiger partial charge < -0.3 is 5.32 Å². The van der Waals surface area contributed by atoms with Crippen LogP contribution in [-0.4, -0.2) is 36.6 Å². The Morgan fingerprint density at radius 3 is 2.52 bits per heavy atom. The summed E-state index contributed by atoms with van der Waals surface area (Å²) in [6.07, 6.45) is 0. The zero-order chi connectivity index (χ0) is 21.2. The molecule has 1 amide bonds. The fraction of sp³-hybridized carbons (Fsp3) is 0.211. The maximum absolute atomic E-state index is 12.7. The van der Waals surface area contributed by atoms with Crippen LogP contribution in [0, 0.1) is 10.1 Å². The molecule has 10 heteroatoms. The van der Waals surface area contributed by atoms with Gasteiger partial charge in [0.05, 0.1) is 14.7 Å². The van der Waals surface area contributed by atoms with E-state index < -0.39 is 20.9 Å². The number of nitrogens with zero attached hydrogens (tertiary/aromatic N) is 2. The number of thiophene rings is 1. The van der Waals surface area contributed by atoms with Crippen LogP contribution in [0.3, 0.4) is 0 Å². The van der Waals surface area contributed by atoms with Crippen LogP contribution in [0.15, 0.2) is 53.4 Å². The highest BCUT2D eigenvalue weighted by molar-refractivity contribution is 7.89. The fourth-order valence-corrected chi connectivity index (χ4v) is 5.34. The molecular weight excluding hydrogens is 414 g/mol. The number of carbonyl (C=O) groups excluding carboxylic acids is 1. The minimum absolute atomic E-state index is 0.0448. The zero-order valence-corrected chi connectivity index (χ0v) is 17.4. The summed E-state index contributed by atoms with van der Waals surface area (Å²) in [5, 5.41) is 14.2. The standard InChI is InChI=1S/C19H19N3O5S2/c1-3-21(4-2)29(26,27)16-7-5-6-14(12-16)20-19(23)18-11-13-10-15(22(24)25)8-9-17(13)28-18/h5-12H,3-4H2,1-2H3,(H,20,23). The van der Waals surface area contributed by atoms with Gasteiger partial charge in [-0.15, -0.1) is 11.3 Å². The molecule has 0 unspecified atom stereocenters. The van der Waals surface area contributed by atoms with E-state index in [-0.39, 0.29) is 10.6 Å². The highest BCUT2D eigenvalue weighted by Crippen LogP contribution is 2.29. The molecule has 0 aliphatic carbocycles. The summed E-state index contributed by atoms with van der Waals surface area (Å²) in [6.45, 7) is 4.23. The number of benzene rings is 2. The molecule has 0 saturated carbocycles. The summed E-state index contributed by atoms with van der Waals surface area (Å²) < 4.78 is 27.4. The third-order valence-corrected chi connectivity index (χ3v) is 7.53. The number of amides is 1. The number of hydrogen-bond acceptors (Lipinski definition) is 6. The fourth-order valence-electron chi connectivity index (χ4n) is 2.90. The maximum atomic E-state index is 12.7. The third kappa shape index (κ3) is 4.29. The normalized spacial score (nSPS) is 11.7. The molecule has 152 valence electrons. The average Bonchev–Trinajstić information content (AvgIpc) is 3.12. The number of carbonyl (C=O) groups is 1. The van der Waals surface area contributed by atoms with Crippen LogP contribution in [0.1, 0.15) is 23.5 Å². The Kier molecular flexibility index (Phi) is 5.96. The van der Waals surface area contributed by atoms with Crippen molar-refractivity contribution in [2.45, 2.75) is 18.7 Å². The van der Waals surface area contributed by atoms with Crippen molar-refractivity contribution < 1.29 is 18.1 Å². The van der Waals surface area contributed by atoms with Crippen molar-refractivity contribution in [1.29, 1.82) is 0 Å². The van der Waals surface area contributed by atoms with Crippen molar-refractivity contribution in [2.75, 3.05) is 18.4 Å². The maximum Gasteiger partial charge on any atom is 0.270 e. The molecule has 0 aliphatic rings. The predicted molar refractivity (Wildman–Crippen MR) is 113 cm³/mol. The lowest BCUT2D eigenvalue weighted by Crippen LogP contribution is -2.30. The van der Waals surface area contributed by atoms with Gasteiger partial charge in [-0.1, -0.05) is 19.9 Å². The van der Waals surface area contributed by atoms with Gasteiger partial charge >= 0.3 is 0 Å². The van der Waals surface area contributed by atoms with Crippen LogP contribution in [0.25, 0.3) is 10.1 Å². The monoisotopic (exact) mass is 433 g/mol. The number of nitrogens with one attached hydrogen (secondary N) is 1. The second kappa shape index (κ2) is 8.27. The minimum Gasteiger partial charge on any atom is -0.321 e. The van der Waals surface area contributed by atoms with Crippen molar-refractivity contribution in [1.82, 2.24) is 4.31 Å². The van der Waals surface area contributed by atoms with E-state index in [1.54, 1.807) is 38.1 Å². The van der Waals surface area contributed by atoms with Gasteiger partial charge in [0.1, 0.15) is 0 Å². The van der Waals surface area contributed by atoms with E-state index in [0.717, 1.165) is 4.70 Å². The first-order valence-electron chi connectivity index (χ1n) is 8.85. The Balaban J connectivity index is 1.86. The molecule has 0 bridgehead atoms. The van der Waals surface area contributed by atoms with E-state index in [0.29, 0.717) is 29.0 Å². The third-order valence-electron chi connectivity index (χ3n) is 4.37. The predicted octanol–water partition coefficient (Wildman–Crippen LogP) is 4.09. The lowest BCUT2D eigenvalue weighted by molar-refractivity contribution is -0.384. The van der Waals surface area contributed by atoms with Crippen molar-refractivity contribution in [3.8, 4) is 0 Å². The van der Waals surface area contributed by atoms with Crippen LogP contribution < -0.4 is 5.32 Å². The van der Waals surface area contributed by atoms with Crippen LogP contribution >= 0.6 is 11.3 Å². The summed E-state index contributed by atoms with van der Waals surface area (Å²) >= 11 is 1.21. The van der Waals surface area contributed by atoms with Crippen LogP contribution in [0.4, 0.5) is 11.4 Å². The second-order valence-corrected chi connectivity index (χ2v) is 9.18. The number of sulfonamides is 1. The summed E-state index contributed by atoms with van der Waals surface area (Å²) in [6, 6.07) is 12.1. The van der Waals surface area contributed by atoms with Crippen molar-refractivity contribution in [2.24, 2.45) is 0 Å². The van der Waals surface area contributed by atoms with Crippen molar-refractivity contribution in [3.63, 3.8) is 0 Å². The van der Waals surface area contributed by atoms with Crippen LogP contribution in [0.2, 0.25) is 0 Å². The van der Waals surface area contributed by atoms with E-state index in [1.165, 1.54) is 39.9 Å². The van der Waals surface area contributed by atoms with E-state index in [1.807, 2.05) is 0 Å². The van der Waals surface area contributed by atoms with Gasteiger partial charge in [-0.05, 0) is 30.3 Å². The molecule has 3 rings (SSSR count). The largest absolute Gasteiger partial charge is 0.321 e. The number of hydrogen-bond donors (Lipinski definition) is 1. The molecule has 0 radical (unpaired) electrons. The van der Waals surface area contributed by atoms with Gasteiger partial charge in [-0.3, -0.25) is 14.9 Å². The Bertz CT molecular complexity index is 1180. The second-order valence-electron chi connectivity index (χ2n) is 6.16. The molecule has 1 heterocycles. The molecule has 2 aromatic carbocycles. The number of nitro groups is 1. The quantitative estimate of drug-likeness (QED) is 0.446. The molecule has 1 N–H and O–H groups in total. The summed E-state index contributed by atoms with van der Waals surface area (Å²) in [4.78, 5) is 23.5. The smallest absolute Gasteiger partial charge is 0.270 e. The molecule has 1 aromatic heterocycles. The summed E-state index contributed by atoms with van der Waals surface area (Å²) in [5.74, 6) is -0.411. The Labute approximate surface area is 172 Å². The first-order chi connectivity index (χ1) is 13.8. The van der Waals surface area contributed by atoms with Gasteiger partial charge in [-0.25, -0.2) is 8.42 Å². The lowest BCUT2D eigenvalue weighted by Gasteiger charge is -2.18. The minimum atomic E-state index is -3.64. The Morgan fingerprint density at radius 1 is 1.14 bits per heavy atom. The SMILES string of the molecule is CCN(CC)S(=O)(=O)c1cccc(NC(=O)c2cc3cc([N+](=O)[O-])ccc3s2)c1. The first-order valence-corrected chi connectivity index (χ1v) is 11.1. The van der Waals surface area contributed by atoms with Gasteiger partial charge in [0.2, 0.25) is 10.0 Å². The summed E-state index contributed by atoms with van der Waals surface area (Å²) in [7, 11) is -3.64. The molecule has 8 nitrogen and oxygen atoms in total. The van der Waals surface area contributed by atoms with E-state index in [2.05, 4.69) is 5.32 Å². The highest BCUT2D eigenvalue weighted by Gasteiger charge is 2.22. The van der Waals surface area contributed by atoms with E-state index >= 15 is 0 Å². The van der Waals surface area contributed by atoms with Gasteiger partial charge in [0.25, 0.3) is 11.6 Å². The highest BCUT2D eigenvalue weighted by atomic mass is 32.2. The lowest BCUT2D eigenvalue weighted by atomic mass is 10.2. The molecule has 0 saturated heterocycles. The van der Waals surface area contributed by atoms with Crippen LogP contribution in [0.5, 0.6) is 0 Å². The topological polar surface area (TPSA) is 110 Å². The molecule has 3 aromatic rings. The molecule has 0 aliphatic heterocycles. The average molecular weight is 434 g/mol. The van der Waals surface area contributed by atoms with Crippen molar-refractivity contribution in [3.05, 3.63) is 63.5 Å². The van der Waals surface area contributed by atoms with E-state index in [4.69, 9.17) is 0 Å². The molecular formula is C19H19N3O5S2. The van der Waals surface area contributed by atoms with Crippen molar-refractivity contribution >= 4 is 48.7 Å². The Hall–Kier alpha value is -2.82. The number of non-ortho nitro benzene ring substituents is 1. The molecule has 0 atom stereocenters. The first kappa shape index (κ1) is 20.9. The molecule has 0 fully saturated rings. The van der Waals surface area contributed by atoms with Gasteiger partial charge in [-0.2, -0.15) is 4.31 Å². The summed E-state index contributed by atoms with van der Waals surface area (Å²) in [5.41, 5.74) is 0.309. The molecule has 0 spiro atoms. The number of fused-ring (bicyclic) bond motifs is 1. The van der Waals surface area contributed by atoms with Crippen LogP contribution in [-0.2, 0) is 10.0 Å². The van der Waals surface area contributed by atoms with Gasteiger partial charge in [0, 0.05) is 41.0 Å². The Morgan fingerprint density at radius 2 is 1.86 bits per heavy atom. The number of nitro benzene ring substituents is 1.